The zero-order valence-electron chi connectivity index (χ0n) is 15.8. The molecular weight excluding hydrogens is 352 g/mol. The molecule has 1 amide bonds. The molecule has 6 heteroatoms. The summed E-state index contributed by atoms with van der Waals surface area (Å²) >= 11 is 0. The second-order valence-electron chi connectivity index (χ2n) is 7.11. The number of nitrogens with zero attached hydrogens (tertiary/aromatic N) is 3. The number of aromatic nitrogens is 2. The van der Waals surface area contributed by atoms with E-state index in [0.717, 1.165) is 25.1 Å². The summed E-state index contributed by atoms with van der Waals surface area (Å²) in [6.07, 6.45) is 1.90. The molecule has 1 atom stereocenters. The molecule has 1 aromatic heterocycles. The van der Waals surface area contributed by atoms with Crippen LogP contribution in [0.3, 0.4) is 0 Å². The Hall–Kier alpha value is -3.15. The molecule has 4 rings (SSSR count). The number of hydrogen-bond acceptors (Lipinski definition) is 5. The molecule has 2 aromatic carbocycles. The van der Waals surface area contributed by atoms with Crippen molar-refractivity contribution in [3.63, 3.8) is 0 Å². The Kier molecular flexibility index (Phi) is 5.66. The van der Waals surface area contributed by atoms with Crippen molar-refractivity contribution in [1.82, 2.24) is 15.5 Å². The number of nitrogens with one attached hydrogen (secondary N) is 1. The van der Waals surface area contributed by atoms with Crippen molar-refractivity contribution in [3.8, 4) is 11.5 Å². The summed E-state index contributed by atoms with van der Waals surface area (Å²) in [7, 11) is 0. The van der Waals surface area contributed by atoms with E-state index in [1.165, 1.54) is 5.69 Å². The Morgan fingerprint density at radius 1 is 1.07 bits per heavy atom. The molecule has 0 radical (unpaired) electrons. The molecule has 0 spiro atoms. The van der Waals surface area contributed by atoms with Gasteiger partial charge in [0.05, 0.1) is 0 Å². The first-order chi connectivity index (χ1) is 13.8. The summed E-state index contributed by atoms with van der Waals surface area (Å²) < 4.78 is 5.65. The molecule has 144 valence electrons. The SMILES string of the molecule is O=C(CCc1nnc(-c2ccccc2)o1)NCC1CCN(c2ccccc2)C1. The monoisotopic (exact) mass is 376 g/mol. The molecule has 1 aliphatic rings. The van der Waals surface area contributed by atoms with Crippen LogP contribution in [0.15, 0.2) is 65.1 Å². The molecule has 0 saturated carbocycles. The number of benzene rings is 2. The van der Waals surface area contributed by atoms with E-state index in [1.54, 1.807) is 0 Å². The molecule has 1 unspecified atom stereocenters. The van der Waals surface area contributed by atoms with Crippen LogP contribution in [0.1, 0.15) is 18.7 Å². The largest absolute Gasteiger partial charge is 0.421 e. The minimum atomic E-state index is 0.0256. The summed E-state index contributed by atoms with van der Waals surface area (Å²) in [6.45, 7) is 2.73. The normalized spacial score (nSPS) is 16.3. The third-order valence-electron chi connectivity index (χ3n) is 5.05. The lowest BCUT2D eigenvalue weighted by Crippen LogP contribution is -2.31. The van der Waals surface area contributed by atoms with Gasteiger partial charge in [0.1, 0.15) is 0 Å². The fourth-order valence-electron chi connectivity index (χ4n) is 3.49. The number of carbonyl (C=O) groups is 1. The highest BCUT2D eigenvalue weighted by Crippen LogP contribution is 2.23. The molecular formula is C22H24N4O2. The third kappa shape index (κ3) is 4.57. The topological polar surface area (TPSA) is 71.3 Å². The van der Waals surface area contributed by atoms with Crippen LogP contribution in [0, 0.1) is 5.92 Å². The van der Waals surface area contributed by atoms with Crippen LogP contribution in [0.2, 0.25) is 0 Å². The quantitative estimate of drug-likeness (QED) is 0.685. The maximum atomic E-state index is 12.2. The first-order valence-electron chi connectivity index (χ1n) is 9.72. The van der Waals surface area contributed by atoms with Gasteiger partial charge < -0.3 is 14.6 Å². The molecule has 1 aliphatic heterocycles. The van der Waals surface area contributed by atoms with Crippen molar-refractivity contribution in [2.45, 2.75) is 19.3 Å². The lowest BCUT2D eigenvalue weighted by molar-refractivity contribution is -0.121. The molecule has 2 heterocycles. The summed E-state index contributed by atoms with van der Waals surface area (Å²) in [5.41, 5.74) is 2.14. The highest BCUT2D eigenvalue weighted by atomic mass is 16.4. The van der Waals surface area contributed by atoms with Crippen LogP contribution in [-0.4, -0.2) is 35.7 Å². The Morgan fingerprint density at radius 3 is 2.61 bits per heavy atom. The van der Waals surface area contributed by atoms with Crippen LogP contribution >= 0.6 is 0 Å². The standard InChI is InChI=1S/C22H24N4O2/c27-20(11-12-21-24-25-22(28-21)18-7-3-1-4-8-18)23-15-17-13-14-26(16-17)19-9-5-2-6-10-19/h1-10,17H,11-16H2,(H,23,27). The number of carbonyl (C=O) groups excluding carboxylic acids is 1. The average Bonchev–Trinajstić information content (AvgIpc) is 3.42. The van der Waals surface area contributed by atoms with E-state index in [0.29, 0.717) is 37.1 Å². The van der Waals surface area contributed by atoms with Crippen LogP contribution < -0.4 is 10.2 Å². The number of para-hydroxylation sites is 1. The van der Waals surface area contributed by atoms with Crippen LogP contribution in [0.25, 0.3) is 11.5 Å². The predicted octanol–water partition coefficient (Wildman–Crippen LogP) is 3.31. The van der Waals surface area contributed by atoms with Gasteiger partial charge >= 0.3 is 0 Å². The zero-order valence-corrected chi connectivity index (χ0v) is 15.8. The molecule has 1 fully saturated rings. The Balaban J connectivity index is 1.20. The van der Waals surface area contributed by atoms with Gasteiger partial charge in [-0.2, -0.15) is 0 Å². The van der Waals surface area contributed by atoms with Crippen molar-refractivity contribution in [3.05, 3.63) is 66.6 Å². The van der Waals surface area contributed by atoms with Gasteiger partial charge in [-0.15, -0.1) is 10.2 Å². The maximum absolute atomic E-state index is 12.2. The van der Waals surface area contributed by atoms with E-state index in [1.807, 2.05) is 36.4 Å². The van der Waals surface area contributed by atoms with Crippen LogP contribution in [0.4, 0.5) is 5.69 Å². The van der Waals surface area contributed by atoms with E-state index in [4.69, 9.17) is 4.42 Å². The molecule has 1 saturated heterocycles. The summed E-state index contributed by atoms with van der Waals surface area (Å²) in [5.74, 6) is 1.49. The summed E-state index contributed by atoms with van der Waals surface area (Å²) in [4.78, 5) is 14.6. The van der Waals surface area contributed by atoms with Crippen molar-refractivity contribution < 1.29 is 9.21 Å². The van der Waals surface area contributed by atoms with Gasteiger partial charge in [0.2, 0.25) is 17.7 Å². The predicted molar refractivity (Wildman–Crippen MR) is 108 cm³/mol. The van der Waals surface area contributed by atoms with E-state index in [9.17, 15) is 4.79 Å². The molecule has 0 bridgehead atoms. The minimum Gasteiger partial charge on any atom is -0.421 e. The van der Waals surface area contributed by atoms with Gasteiger partial charge in [-0.05, 0) is 36.6 Å². The Labute approximate surface area is 164 Å². The van der Waals surface area contributed by atoms with E-state index in [2.05, 4.69) is 44.7 Å². The van der Waals surface area contributed by atoms with E-state index < -0.39 is 0 Å². The van der Waals surface area contributed by atoms with Gasteiger partial charge in [0, 0.05) is 43.7 Å². The molecule has 3 aromatic rings. The molecule has 6 nitrogen and oxygen atoms in total. The number of rotatable bonds is 7. The lowest BCUT2D eigenvalue weighted by Gasteiger charge is -2.18. The third-order valence-corrected chi connectivity index (χ3v) is 5.05. The van der Waals surface area contributed by atoms with Gasteiger partial charge in [-0.3, -0.25) is 4.79 Å². The fraction of sp³-hybridized carbons (Fsp3) is 0.318. The van der Waals surface area contributed by atoms with Crippen molar-refractivity contribution in [2.24, 2.45) is 5.92 Å². The van der Waals surface area contributed by atoms with Crippen LogP contribution in [0.5, 0.6) is 0 Å². The van der Waals surface area contributed by atoms with E-state index in [-0.39, 0.29) is 5.91 Å². The highest BCUT2D eigenvalue weighted by Gasteiger charge is 2.23. The Morgan fingerprint density at radius 2 is 1.82 bits per heavy atom. The van der Waals surface area contributed by atoms with Crippen molar-refractivity contribution >= 4 is 11.6 Å². The van der Waals surface area contributed by atoms with E-state index >= 15 is 0 Å². The van der Waals surface area contributed by atoms with Gasteiger partial charge in [-0.25, -0.2) is 0 Å². The first kappa shape index (κ1) is 18.2. The average molecular weight is 376 g/mol. The van der Waals surface area contributed by atoms with Gasteiger partial charge in [0.25, 0.3) is 0 Å². The maximum Gasteiger partial charge on any atom is 0.247 e. The number of hydrogen-bond donors (Lipinski definition) is 1. The molecule has 28 heavy (non-hydrogen) atoms. The van der Waals surface area contributed by atoms with Crippen LogP contribution in [-0.2, 0) is 11.2 Å². The molecule has 1 N–H and O–H groups in total. The first-order valence-corrected chi connectivity index (χ1v) is 9.72. The summed E-state index contributed by atoms with van der Waals surface area (Å²) in [6, 6.07) is 20.1. The van der Waals surface area contributed by atoms with Crippen molar-refractivity contribution in [2.75, 3.05) is 24.5 Å². The second kappa shape index (κ2) is 8.69. The number of amides is 1. The van der Waals surface area contributed by atoms with Crippen molar-refractivity contribution in [1.29, 1.82) is 0 Å². The smallest absolute Gasteiger partial charge is 0.247 e. The molecule has 0 aliphatic carbocycles. The zero-order chi connectivity index (χ0) is 19.2. The fourth-order valence-corrected chi connectivity index (χ4v) is 3.49. The minimum absolute atomic E-state index is 0.0256. The summed E-state index contributed by atoms with van der Waals surface area (Å²) in [5, 5.41) is 11.1. The number of anilines is 1. The highest BCUT2D eigenvalue weighted by molar-refractivity contribution is 5.76. The van der Waals surface area contributed by atoms with Gasteiger partial charge in [0.15, 0.2) is 0 Å². The lowest BCUT2D eigenvalue weighted by atomic mass is 10.1. The Bertz CT molecular complexity index is 895. The number of aryl methyl sites for hydroxylation is 1. The van der Waals surface area contributed by atoms with Gasteiger partial charge in [-0.1, -0.05) is 36.4 Å². The second-order valence-corrected chi connectivity index (χ2v) is 7.11.